The second-order valence-electron chi connectivity index (χ2n) is 4.28. The van der Waals surface area contributed by atoms with E-state index in [-0.39, 0.29) is 11.4 Å². The van der Waals surface area contributed by atoms with Crippen molar-refractivity contribution >= 4 is 5.69 Å². The summed E-state index contributed by atoms with van der Waals surface area (Å²) in [5.41, 5.74) is 5.49. The van der Waals surface area contributed by atoms with Crippen LogP contribution in [0.5, 0.6) is 5.75 Å². The Kier molecular flexibility index (Phi) is 3.83. The molecule has 0 saturated heterocycles. The number of nitrogens with zero attached hydrogens (tertiary/aromatic N) is 1. The summed E-state index contributed by atoms with van der Waals surface area (Å²) < 4.78 is 43.3. The number of nitrogen functional groups attached to an aromatic ring is 1. The lowest BCUT2D eigenvalue weighted by Crippen LogP contribution is -2.11. The molecule has 0 fully saturated rings. The summed E-state index contributed by atoms with van der Waals surface area (Å²) in [6, 6.07) is 9.96. The number of halogens is 3. The number of aromatic nitrogens is 1. The summed E-state index contributed by atoms with van der Waals surface area (Å²) in [5, 5.41) is 0. The molecule has 1 aromatic heterocycles. The van der Waals surface area contributed by atoms with Gasteiger partial charge >= 0.3 is 6.18 Å². The van der Waals surface area contributed by atoms with Crippen LogP contribution in [0.25, 0.3) is 0 Å². The van der Waals surface area contributed by atoms with Crippen molar-refractivity contribution in [3.63, 3.8) is 0 Å². The van der Waals surface area contributed by atoms with Gasteiger partial charge in [0.25, 0.3) is 0 Å². The molecule has 0 saturated carbocycles. The van der Waals surface area contributed by atoms with Crippen LogP contribution in [0, 0.1) is 0 Å². The Morgan fingerprint density at radius 3 is 2.45 bits per heavy atom. The number of ether oxygens (including phenoxy) is 1. The van der Waals surface area contributed by atoms with Gasteiger partial charge in [-0.1, -0.05) is 30.3 Å². The van der Waals surface area contributed by atoms with Gasteiger partial charge in [-0.25, -0.2) is 4.98 Å². The van der Waals surface area contributed by atoms with Gasteiger partial charge in [0.2, 0.25) is 0 Å². The summed E-state index contributed by atoms with van der Waals surface area (Å²) in [4.78, 5) is 3.26. The predicted molar refractivity (Wildman–Crippen MR) is 69.1 cm³/mol. The first-order valence-electron chi connectivity index (χ1n) is 5.92. The van der Waals surface area contributed by atoms with E-state index in [9.17, 15) is 13.2 Å². The zero-order valence-electron chi connectivity index (χ0n) is 10.7. The molecule has 3 nitrogen and oxygen atoms in total. The van der Waals surface area contributed by atoms with E-state index in [0.29, 0.717) is 0 Å². The average molecular weight is 282 g/mol. The van der Waals surface area contributed by atoms with E-state index in [1.807, 2.05) is 30.3 Å². The smallest absolute Gasteiger partial charge is 0.433 e. The molecular formula is C14H13F3N2O. The van der Waals surface area contributed by atoms with Crippen LogP contribution < -0.4 is 10.5 Å². The number of hydrogen-bond donors (Lipinski definition) is 1. The second-order valence-corrected chi connectivity index (χ2v) is 4.28. The molecule has 2 N–H and O–H groups in total. The summed E-state index contributed by atoms with van der Waals surface area (Å²) >= 11 is 0. The number of nitrogens with two attached hydrogens (primary N) is 1. The maximum atomic E-state index is 12.6. The van der Waals surface area contributed by atoms with Gasteiger partial charge < -0.3 is 10.5 Å². The molecule has 0 amide bonds. The lowest BCUT2D eigenvalue weighted by Gasteiger charge is -2.17. The van der Waals surface area contributed by atoms with E-state index >= 15 is 0 Å². The quantitative estimate of drug-likeness (QED) is 0.930. The van der Waals surface area contributed by atoms with Crippen LogP contribution >= 0.6 is 0 Å². The fraction of sp³-hybridized carbons (Fsp3) is 0.214. The Labute approximate surface area is 114 Å². The van der Waals surface area contributed by atoms with Gasteiger partial charge in [-0.15, -0.1) is 0 Å². The van der Waals surface area contributed by atoms with Crippen LogP contribution in [0.1, 0.15) is 24.3 Å². The Bertz CT molecular complexity index is 585. The van der Waals surface area contributed by atoms with Gasteiger partial charge in [0.1, 0.15) is 17.5 Å². The van der Waals surface area contributed by atoms with Crippen molar-refractivity contribution in [3.8, 4) is 5.75 Å². The number of anilines is 1. The first-order valence-corrected chi connectivity index (χ1v) is 5.92. The zero-order chi connectivity index (χ0) is 14.8. The Hall–Kier alpha value is -2.24. The summed E-state index contributed by atoms with van der Waals surface area (Å²) in [6.07, 6.45) is -3.99. The van der Waals surface area contributed by atoms with Crippen molar-refractivity contribution in [2.45, 2.75) is 19.2 Å². The molecule has 0 bridgehead atoms. The van der Waals surface area contributed by atoms with Crippen LogP contribution in [0.2, 0.25) is 0 Å². The Balaban J connectivity index is 2.25. The normalized spacial score (nSPS) is 13.0. The highest BCUT2D eigenvalue weighted by molar-refractivity contribution is 5.51. The first-order chi connectivity index (χ1) is 9.38. The Morgan fingerprint density at radius 2 is 1.85 bits per heavy atom. The van der Waals surface area contributed by atoms with Crippen molar-refractivity contribution in [1.82, 2.24) is 4.98 Å². The number of pyridine rings is 1. The van der Waals surface area contributed by atoms with E-state index < -0.39 is 18.0 Å². The lowest BCUT2D eigenvalue weighted by molar-refractivity contribution is -0.141. The van der Waals surface area contributed by atoms with Crippen LogP contribution in [-0.2, 0) is 6.18 Å². The molecule has 1 heterocycles. The molecule has 2 aromatic rings. The summed E-state index contributed by atoms with van der Waals surface area (Å²) in [5.74, 6) is -0.0244. The van der Waals surface area contributed by atoms with Gasteiger partial charge in [0.15, 0.2) is 0 Å². The molecule has 1 atom stereocenters. The largest absolute Gasteiger partial charge is 0.484 e. The third-order valence-corrected chi connectivity index (χ3v) is 2.76. The van der Waals surface area contributed by atoms with Crippen LogP contribution in [0.4, 0.5) is 18.9 Å². The lowest BCUT2D eigenvalue weighted by atomic mass is 10.1. The number of rotatable bonds is 3. The van der Waals surface area contributed by atoms with Crippen molar-refractivity contribution in [1.29, 1.82) is 0 Å². The monoisotopic (exact) mass is 282 g/mol. The average Bonchev–Trinajstić information content (AvgIpc) is 2.41. The van der Waals surface area contributed by atoms with Gasteiger partial charge in [0.05, 0.1) is 11.9 Å². The molecule has 0 radical (unpaired) electrons. The molecule has 0 aliphatic heterocycles. The van der Waals surface area contributed by atoms with E-state index in [1.165, 1.54) is 0 Å². The highest BCUT2D eigenvalue weighted by Gasteiger charge is 2.33. The van der Waals surface area contributed by atoms with Gasteiger partial charge in [0, 0.05) is 6.07 Å². The molecule has 1 unspecified atom stereocenters. The molecule has 1 aromatic carbocycles. The predicted octanol–water partition coefficient (Wildman–Crippen LogP) is 3.82. The minimum Gasteiger partial charge on any atom is -0.484 e. The minimum atomic E-state index is -4.53. The minimum absolute atomic E-state index is 0.0244. The SMILES string of the molecule is CC(Oc1cc(C(F)(F)F)ncc1N)c1ccccc1. The topological polar surface area (TPSA) is 48.1 Å². The standard InChI is InChI=1S/C14H13F3N2O/c1-9(10-5-3-2-4-6-10)20-12-7-13(14(15,16)17)19-8-11(12)18/h2-9H,18H2,1H3. The van der Waals surface area contributed by atoms with Crippen molar-refractivity contribution in [2.75, 3.05) is 5.73 Å². The molecule has 6 heteroatoms. The van der Waals surface area contributed by atoms with Crippen molar-refractivity contribution in [3.05, 3.63) is 53.9 Å². The molecular weight excluding hydrogens is 269 g/mol. The highest BCUT2D eigenvalue weighted by Crippen LogP contribution is 2.33. The summed E-state index contributed by atoms with van der Waals surface area (Å²) in [7, 11) is 0. The highest BCUT2D eigenvalue weighted by atomic mass is 19.4. The summed E-state index contributed by atoms with van der Waals surface area (Å²) in [6.45, 7) is 1.74. The molecule has 0 spiro atoms. The van der Waals surface area contributed by atoms with Gasteiger partial charge in [-0.05, 0) is 12.5 Å². The van der Waals surface area contributed by atoms with Crippen molar-refractivity contribution in [2.24, 2.45) is 0 Å². The fourth-order valence-corrected chi connectivity index (χ4v) is 1.69. The molecule has 20 heavy (non-hydrogen) atoms. The molecule has 2 rings (SSSR count). The number of benzene rings is 1. The Morgan fingerprint density at radius 1 is 1.20 bits per heavy atom. The van der Waals surface area contributed by atoms with E-state index in [1.54, 1.807) is 6.92 Å². The maximum Gasteiger partial charge on any atom is 0.433 e. The molecule has 0 aliphatic carbocycles. The van der Waals surface area contributed by atoms with E-state index in [4.69, 9.17) is 10.5 Å². The third-order valence-electron chi connectivity index (χ3n) is 2.76. The van der Waals surface area contributed by atoms with Crippen LogP contribution in [0.15, 0.2) is 42.6 Å². The van der Waals surface area contributed by atoms with Crippen LogP contribution in [-0.4, -0.2) is 4.98 Å². The number of hydrogen-bond acceptors (Lipinski definition) is 3. The molecule has 106 valence electrons. The van der Waals surface area contributed by atoms with Gasteiger partial charge in [-0.3, -0.25) is 0 Å². The second kappa shape index (κ2) is 5.40. The third kappa shape index (κ3) is 3.20. The maximum absolute atomic E-state index is 12.6. The van der Waals surface area contributed by atoms with E-state index in [0.717, 1.165) is 17.8 Å². The van der Waals surface area contributed by atoms with E-state index in [2.05, 4.69) is 4.98 Å². The van der Waals surface area contributed by atoms with Crippen LogP contribution in [0.3, 0.4) is 0 Å². The molecule has 0 aliphatic rings. The number of alkyl halides is 3. The van der Waals surface area contributed by atoms with Crippen molar-refractivity contribution < 1.29 is 17.9 Å². The first kappa shape index (κ1) is 14.2. The van der Waals surface area contributed by atoms with Gasteiger partial charge in [-0.2, -0.15) is 13.2 Å². The zero-order valence-corrected chi connectivity index (χ0v) is 10.7. The fourth-order valence-electron chi connectivity index (χ4n) is 1.69.